The van der Waals surface area contributed by atoms with Crippen LogP contribution in [0.25, 0.3) is 0 Å². The number of amides is 2. The Hall–Kier alpha value is -2.13. The zero-order valence-electron chi connectivity index (χ0n) is 13.4. The molecular weight excluding hydrogens is 338 g/mol. The molecule has 1 atom stereocenters. The van der Waals surface area contributed by atoms with Crippen molar-refractivity contribution in [3.05, 3.63) is 27.9 Å². The van der Waals surface area contributed by atoms with Crippen LogP contribution in [0, 0.1) is 16.0 Å². The number of rotatable bonds is 5. The summed E-state index contributed by atoms with van der Waals surface area (Å²) in [5, 5.41) is 13.6. The Morgan fingerprint density at radius 1 is 1.46 bits per heavy atom. The summed E-state index contributed by atoms with van der Waals surface area (Å²) < 4.78 is 1.26. The molecule has 10 heteroatoms. The van der Waals surface area contributed by atoms with Gasteiger partial charge in [0.15, 0.2) is 5.69 Å². The van der Waals surface area contributed by atoms with E-state index < -0.39 is 4.92 Å². The second-order valence-electron chi connectivity index (χ2n) is 5.56. The monoisotopic (exact) mass is 359 g/mol. The van der Waals surface area contributed by atoms with Crippen molar-refractivity contribution < 1.29 is 14.5 Å². The van der Waals surface area contributed by atoms with E-state index in [1.807, 2.05) is 0 Å². The van der Waals surface area contributed by atoms with Gasteiger partial charge in [-0.25, -0.2) is 4.57 Å². The van der Waals surface area contributed by atoms with Gasteiger partial charge in [0.2, 0.25) is 5.91 Å². The van der Waals surface area contributed by atoms with E-state index in [1.54, 1.807) is 4.90 Å². The highest BCUT2D eigenvalue weighted by Crippen LogP contribution is 2.21. The fraction of sp³-hybridized carbons (Fsp3) is 0.571. The molecule has 0 aromatic carbocycles. The lowest BCUT2D eigenvalue weighted by molar-refractivity contribution is -0.391. The molecule has 1 aliphatic rings. The van der Waals surface area contributed by atoms with Crippen LogP contribution in [0.2, 0.25) is 0 Å². The number of aromatic nitrogens is 1. The maximum atomic E-state index is 12.6. The van der Waals surface area contributed by atoms with Crippen molar-refractivity contribution in [2.45, 2.75) is 12.8 Å². The lowest BCUT2D eigenvalue weighted by atomic mass is 9.97. The summed E-state index contributed by atoms with van der Waals surface area (Å²) in [6, 6.07) is 2.75. The molecule has 1 aromatic rings. The molecule has 0 saturated carbocycles. The first-order valence-electron chi connectivity index (χ1n) is 7.53. The van der Waals surface area contributed by atoms with Gasteiger partial charge in [-0.3, -0.25) is 9.59 Å². The number of halogens is 1. The van der Waals surface area contributed by atoms with Crippen LogP contribution in [-0.4, -0.2) is 52.4 Å². The van der Waals surface area contributed by atoms with Crippen LogP contribution in [0.15, 0.2) is 12.1 Å². The number of hydrogen-bond donors (Lipinski definition) is 2. The van der Waals surface area contributed by atoms with Gasteiger partial charge in [-0.15, -0.1) is 12.4 Å². The Bertz CT molecular complexity index is 618. The minimum Gasteiger partial charge on any atom is -0.358 e. The third kappa shape index (κ3) is 4.24. The predicted octanol–water partition coefficient (Wildman–Crippen LogP) is 0.282. The highest BCUT2D eigenvalue weighted by atomic mass is 35.5. The molecule has 1 fully saturated rings. The van der Waals surface area contributed by atoms with Gasteiger partial charge in [-0.1, -0.05) is 0 Å². The van der Waals surface area contributed by atoms with Crippen molar-refractivity contribution in [3.63, 3.8) is 0 Å². The summed E-state index contributed by atoms with van der Waals surface area (Å²) in [5.74, 6) is -0.806. The van der Waals surface area contributed by atoms with Crippen LogP contribution in [0.3, 0.4) is 0 Å². The Labute approximate surface area is 145 Å². The first kappa shape index (κ1) is 19.9. The van der Waals surface area contributed by atoms with E-state index >= 15 is 0 Å². The van der Waals surface area contributed by atoms with E-state index in [1.165, 1.54) is 23.7 Å². The summed E-state index contributed by atoms with van der Waals surface area (Å²) in [6.07, 6.45) is 1.44. The molecule has 2 heterocycles. The van der Waals surface area contributed by atoms with E-state index in [2.05, 4.69) is 5.32 Å². The van der Waals surface area contributed by atoms with Gasteiger partial charge in [0.05, 0.1) is 13.0 Å². The Balaban J connectivity index is 0.00000288. The molecule has 0 spiro atoms. The minimum absolute atomic E-state index is 0. The molecular formula is C14H22ClN5O4. The van der Waals surface area contributed by atoms with Gasteiger partial charge in [-0.2, -0.15) is 0 Å². The van der Waals surface area contributed by atoms with Crippen LogP contribution in [0.1, 0.15) is 23.3 Å². The maximum Gasteiger partial charge on any atom is 0.323 e. The Kier molecular flexibility index (Phi) is 7.18. The topological polar surface area (TPSA) is 124 Å². The van der Waals surface area contributed by atoms with Gasteiger partial charge in [0.25, 0.3) is 5.91 Å². The molecule has 2 amide bonds. The van der Waals surface area contributed by atoms with Gasteiger partial charge >= 0.3 is 5.82 Å². The summed E-state index contributed by atoms with van der Waals surface area (Å²) in [5.41, 5.74) is 5.61. The van der Waals surface area contributed by atoms with Crippen LogP contribution >= 0.6 is 12.4 Å². The second-order valence-corrected chi connectivity index (χ2v) is 5.56. The van der Waals surface area contributed by atoms with Crippen molar-refractivity contribution in [1.29, 1.82) is 0 Å². The molecule has 24 heavy (non-hydrogen) atoms. The number of likely N-dealkylation sites (tertiary alicyclic amines) is 1. The molecule has 1 aliphatic heterocycles. The van der Waals surface area contributed by atoms with Gasteiger partial charge in [0.1, 0.15) is 0 Å². The summed E-state index contributed by atoms with van der Waals surface area (Å²) in [4.78, 5) is 36.5. The number of nitro groups is 1. The second kappa shape index (κ2) is 8.65. The molecule has 1 unspecified atom stereocenters. The SMILES string of the molecule is Cl.Cn1c(C(=O)N2CCCC(C(=O)NCCN)C2)ccc1[N+](=O)[O-]. The average Bonchev–Trinajstić information content (AvgIpc) is 2.93. The van der Waals surface area contributed by atoms with E-state index in [4.69, 9.17) is 5.73 Å². The Morgan fingerprint density at radius 3 is 2.75 bits per heavy atom. The van der Waals surface area contributed by atoms with Gasteiger partial charge in [0, 0.05) is 32.2 Å². The first-order valence-corrected chi connectivity index (χ1v) is 7.53. The van der Waals surface area contributed by atoms with Crippen molar-refractivity contribution in [2.24, 2.45) is 18.7 Å². The van der Waals surface area contributed by atoms with E-state index in [0.29, 0.717) is 32.6 Å². The highest BCUT2D eigenvalue weighted by Gasteiger charge is 2.31. The smallest absolute Gasteiger partial charge is 0.323 e. The largest absolute Gasteiger partial charge is 0.358 e. The maximum absolute atomic E-state index is 12.6. The van der Waals surface area contributed by atoms with Crippen LogP contribution in [0.4, 0.5) is 5.82 Å². The zero-order chi connectivity index (χ0) is 17.0. The summed E-state index contributed by atoms with van der Waals surface area (Å²) in [7, 11) is 1.49. The lowest BCUT2D eigenvalue weighted by Crippen LogP contribution is -2.46. The van der Waals surface area contributed by atoms with E-state index in [-0.39, 0.29) is 41.7 Å². The molecule has 3 N–H and O–H groups in total. The van der Waals surface area contributed by atoms with Crippen LogP contribution in [-0.2, 0) is 11.8 Å². The number of nitrogens with one attached hydrogen (secondary N) is 1. The zero-order valence-corrected chi connectivity index (χ0v) is 14.3. The van der Waals surface area contributed by atoms with Gasteiger partial charge in [-0.05, 0) is 23.8 Å². The van der Waals surface area contributed by atoms with Crippen molar-refractivity contribution >= 4 is 30.0 Å². The fourth-order valence-electron chi connectivity index (χ4n) is 2.78. The van der Waals surface area contributed by atoms with Crippen molar-refractivity contribution in [3.8, 4) is 0 Å². The third-order valence-electron chi connectivity index (χ3n) is 4.02. The normalized spacial score (nSPS) is 17.1. The lowest BCUT2D eigenvalue weighted by Gasteiger charge is -2.31. The number of piperidine rings is 1. The number of nitrogens with two attached hydrogens (primary N) is 1. The Morgan fingerprint density at radius 2 is 2.17 bits per heavy atom. The fourth-order valence-corrected chi connectivity index (χ4v) is 2.78. The van der Waals surface area contributed by atoms with Gasteiger partial charge < -0.3 is 26.1 Å². The standard InChI is InChI=1S/C14H21N5O4.ClH/c1-17-11(4-5-12(17)19(22)23)14(21)18-8-2-3-10(9-18)13(20)16-7-6-15;/h4-5,10H,2-3,6-9,15H2,1H3,(H,16,20);1H. The van der Waals surface area contributed by atoms with E-state index in [0.717, 1.165) is 6.42 Å². The quantitative estimate of drug-likeness (QED) is 0.577. The number of nitrogens with zero attached hydrogens (tertiary/aromatic N) is 3. The number of hydrogen-bond acceptors (Lipinski definition) is 5. The highest BCUT2D eigenvalue weighted by molar-refractivity contribution is 5.94. The molecule has 0 bridgehead atoms. The minimum atomic E-state index is -0.532. The van der Waals surface area contributed by atoms with Crippen molar-refractivity contribution in [2.75, 3.05) is 26.2 Å². The third-order valence-corrected chi connectivity index (χ3v) is 4.02. The van der Waals surface area contributed by atoms with Crippen LogP contribution < -0.4 is 11.1 Å². The molecule has 2 rings (SSSR count). The van der Waals surface area contributed by atoms with E-state index in [9.17, 15) is 19.7 Å². The van der Waals surface area contributed by atoms with Crippen molar-refractivity contribution in [1.82, 2.24) is 14.8 Å². The number of carbonyl (C=O) groups is 2. The molecule has 1 saturated heterocycles. The molecule has 1 aromatic heterocycles. The van der Waals surface area contributed by atoms with Crippen LogP contribution in [0.5, 0.6) is 0 Å². The average molecular weight is 360 g/mol. The summed E-state index contributed by atoms with van der Waals surface area (Å²) >= 11 is 0. The predicted molar refractivity (Wildman–Crippen MR) is 90.0 cm³/mol. The molecule has 0 radical (unpaired) electrons. The molecule has 9 nitrogen and oxygen atoms in total. The first-order chi connectivity index (χ1) is 11.0. The molecule has 0 aliphatic carbocycles. The molecule has 134 valence electrons. The number of carbonyl (C=O) groups excluding carboxylic acids is 2. The summed E-state index contributed by atoms with van der Waals surface area (Å²) in [6.45, 7) is 1.63.